The van der Waals surface area contributed by atoms with Crippen molar-refractivity contribution in [1.29, 1.82) is 0 Å². The van der Waals surface area contributed by atoms with E-state index in [0.29, 0.717) is 0 Å². The van der Waals surface area contributed by atoms with Crippen LogP contribution in [-0.2, 0) is 29.3 Å². The van der Waals surface area contributed by atoms with E-state index in [1.54, 1.807) is 0 Å². The van der Waals surface area contributed by atoms with Crippen molar-refractivity contribution < 1.29 is 16.5 Å². The number of aryl methyl sites for hydroxylation is 2. The van der Waals surface area contributed by atoms with Crippen molar-refractivity contribution in [2.45, 2.75) is 104 Å². The fourth-order valence-electron chi connectivity index (χ4n) is 4.08. The van der Waals surface area contributed by atoms with Gasteiger partial charge >= 0.3 is 0 Å². The third kappa shape index (κ3) is 14.3. The van der Waals surface area contributed by atoms with E-state index in [1.807, 2.05) is 6.21 Å². The van der Waals surface area contributed by atoms with Gasteiger partial charge in [-0.3, -0.25) is 9.98 Å². The molecule has 2 aromatic rings. The van der Waals surface area contributed by atoms with E-state index in [4.69, 9.17) is 9.98 Å². The van der Waals surface area contributed by atoms with Crippen molar-refractivity contribution >= 4 is 23.3 Å². The molecular formula is C34H48N2Ni. The molecule has 0 aromatic heterocycles. The zero-order chi connectivity index (χ0) is 25.7. The van der Waals surface area contributed by atoms with E-state index < -0.39 is 0 Å². The second-order valence-corrected chi connectivity index (χ2v) is 9.53. The fraction of sp³-hybridized carbons (Fsp3) is 0.471. The Kier molecular flexibility index (Phi) is 19.3. The van der Waals surface area contributed by atoms with Crippen LogP contribution < -0.4 is 0 Å². The van der Waals surface area contributed by atoms with Crippen LogP contribution in [-0.4, -0.2) is 11.9 Å². The molecule has 2 nitrogen and oxygen atoms in total. The molecule has 0 aliphatic rings. The predicted molar refractivity (Wildman–Crippen MR) is 162 cm³/mol. The molecular weight excluding hydrogens is 495 g/mol. The molecule has 0 N–H and O–H groups in total. The number of hydrogen-bond donors (Lipinski definition) is 0. The van der Waals surface area contributed by atoms with E-state index in [1.165, 1.54) is 49.7 Å². The maximum absolute atomic E-state index is 5.11. The van der Waals surface area contributed by atoms with Crippen LogP contribution in [0.15, 0.2) is 82.8 Å². The Morgan fingerprint density at radius 2 is 1.11 bits per heavy atom. The summed E-state index contributed by atoms with van der Waals surface area (Å²) in [5, 5.41) is 0. The molecule has 0 atom stereocenters. The predicted octanol–water partition coefficient (Wildman–Crippen LogP) is 10.7. The van der Waals surface area contributed by atoms with E-state index in [2.05, 4.69) is 93.6 Å². The summed E-state index contributed by atoms with van der Waals surface area (Å²) in [6, 6.07) is 17.1. The molecule has 2 aromatic carbocycles. The van der Waals surface area contributed by atoms with Crippen molar-refractivity contribution in [2.24, 2.45) is 9.98 Å². The minimum atomic E-state index is 0. The molecule has 0 aliphatic carbocycles. The Morgan fingerprint density at radius 1 is 0.622 bits per heavy atom. The van der Waals surface area contributed by atoms with Gasteiger partial charge < -0.3 is 0 Å². The minimum Gasteiger partial charge on any atom is -0.255 e. The molecule has 0 saturated carbocycles. The summed E-state index contributed by atoms with van der Waals surface area (Å²) in [6.45, 7) is 6.72. The van der Waals surface area contributed by atoms with Gasteiger partial charge in [0.1, 0.15) is 0 Å². The molecule has 0 amide bonds. The zero-order valence-electron chi connectivity index (χ0n) is 23.4. The summed E-state index contributed by atoms with van der Waals surface area (Å²) in [5.74, 6) is 0. The normalized spacial score (nSPS) is 12.1. The molecule has 0 radical (unpaired) electrons. The minimum absolute atomic E-state index is 0. The van der Waals surface area contributed by atoms with Gasteiger partial charge in [-0.05, 0) is 74.6 Å². The number of rotatable bonds is 18. The van der Waals surface area contributed by atoms with E-state index in [0.717, 1.165) is 62.0 Å². The van der Waals surface area contributed by atoms with Crippen LogP contribution in [0, 0.1) is 0 Å². The summed E-state index contributed by atoms with van der Waals surface area (Å²) in [5.41, 5.74) is 5.84. The average Bonchev–Trinajstić information content (AvgIpc) is 2.91. The molecule has 2 rings (SSSR count). The van der Waals surface area contributed by atoms with Crippen LogP contribution in [0.5, 0.6) is 0 Å². The second-order valence-electron chi connectivity index (χ2n) is 9.53. The number of aliphatic imine (C=N–C) groups is 2. The quantitative estimate of drug-likeness (QED) is 0.0773. The molecule has 37 heavy (non-hydrogen) atoms. The summed E-state index contributed by atoms with van der Waals surface area (Å²) < 4.78 is 0. The van der Waals surface area contributed by atoms with Crippen LogP contribution in [0.1, 0.15) is 103 Å². The smallest absolute Gasteiger partial charge is 0.0665 e. The first-order valence-electron chi connectivity index (χ1n) is 14.4. The standard InChI is InChI=1S/C34H48N2.Ni/c1-4-7-10-12-14-16-22-30-24-18-20-27-33(30)35-29-32(26-9-6-3)36-34-28-21-19-25-31(34)23-17-15-13-11-8-5-2;/h12-15,18-21,24-25,27-29H,4-11,16-17,22-23,26H2,1-3H3;/b14-12+,15-13+,35-29+,36-32+;. The maximum Gasteiger partial charge on any atom is 0.0665 e. The molecule has 0 bridgehead atoms. The van der Waals surface area contributed by atoms with Crippen molar-refractivity contribution in [3.8, 4) is 0 Å². The van der Waals surface area contributed by atoms with Crippen molar-refractivity contribution in [3.63, 3.8) is 0 Å². The first kappa shape index (κ1) is 32.8. The van der Waals surface area contributed by atoms with Crippen LogP contribution in [0.25, 0.3) is 0 Å². The molecule has 0 spiro atoms. The molecule has 0 aliphatic heterocycles. The molecule has 3 heteroatoms. The fourth-order valence-corrected chi connectivity index (χ4v) is 4.08. The Bertz CT molecular complexity index is 971. The SMILES string of the molecule is CCCC/C=C/CCc1ccccc1/N=C/C(CCCC)=N/c1ccccc1CC/C=C/CCCC.[Ni]. The number of hydrogen-bond acceptors (Lipinski definition) is 2. The molecule has 0 unspecified atom stereocenters. The summed E-state index contributed by atoms with van der Waals surface area (Å²) in [6.07, 6.45) is 26.1. The van der Waals surface area contributed by atoms with Gasteiger partial charge in [-0.2, -0.15) is 0 Å². The van der Waals surface area contributed by atoms with Gasteiger partial charge in [-0.25, -0.2) is 0 Å². The first-order valence-corrected chi connectivity index (χ1v) is 14.4. The summed E-state index contributed by atoms with van der Waals surface area (Å²) >= 11 is 0. The van der Waals surface area contributed by atoms with Crippen molar-refractivity contribution in [3.05, 3.63) is 84.0 Å². The van der Waals surface area contributed by atoms with Crippen molar-refractivity contribution in [2.75, 3.05) is 0 Å². The Balaban J connectivity index is 0.00000684. The number of allylic oxidation sites excluding steroid dienone is 4. The molecule has 0 heterocycles. The third-order valence-corrected chi connectivity index (χ3v) is 6.33. The molecule has 0 fully saturated rings. The van der Waals surface area contributed by atoms with Crippen molar-refractivity contribution in [1.82, 2.24) is 0 Å². The van der Waals surface area contributed by atoms with Gasteiger partial charge in [0.15, 0.2) is 0 Å². The topological polar surface area (TPSA) is 24.7 Å². The molecule has 204 valence electrons. The van der Waals surface area contributed by atoms with Crippen LogP contribution in [0.4, 0.5) is 11.4 Å². The monoisotopic (exact) mass is 542 g/mol. The summed E-state index contributed by atoms with van der Waals surface area (Å²) in [4.78, 5) is 10.0. The largest absolute Gasteiger partial charge is 0.255 e. The van der Waals surface area contributed by atoms with Crippen LogP contribution in [0.3, 0.4) is 0 Å². The Morgan fingerprint density at radius 3 is 1.68 bits per heavy atom. The number of benzene rings is 2. The van der Waals surface area contributed by atoms with Gasteiger partial charge in [0, 0.05) is 22.7 Å². The van der Waals surface area contributed by atoms with Gasteiger partial charge in [-0.1, -0.05) is 114 Å². The number of para-hydroxylation sites is 2. The second kappa shape index (κ2) is 21.8. The van der Waals surface area contributed by atoms with E-state index >= 15 is 0 Å². The molecule has 0 saturated heterocycles. The van der Waals surface area contributed by atoms with Crippen LogP contribution >= 0.6 is 0 Å². The van der Waals surface area contributed by atoms with Gasteiger partial charge in [-0.15, -0.1) is 0 Å². The Labute approximate surface area is 237 Å². The zero-order valence-corrected chi connectivity index (χ0v) is 24.4. The third-order valence-electron chi connectivity index (χ3n) is 6.33. The average molecular weight is 543 g/mol. The maximum atomic E-state index is 5.11. The van der Waals surface area contributed by atoms with Gasteiger partial charge in [0.25, 0.3) is 0 Å². The van der Waals surface area contributed by atoms with E-state index in [9.17, 15) is 0 Å². The van der Waals surface area contributed by atoms with E-state index in [-0.39, 0.29) is 16.5 Å². The van der Waals surface area contributed by atoms with Gasteiger partial charge in [0.2, 0.25) is 0 Å². The Hall–Kier alpha value is -2.25. The first-order chi connectivity index (χ1) is 17.8. The number of nitrogens with zero attached hydrogens (tertiary/aromatic N) is 2. The van der Waals surface area contributed by atoms with Gasteiger partial charge in [0.05, 0.1) is 17.1 Å². The van der Waals surface area contributed by atoms with Crippen LogP contribution in [0.2, 0.25) is 0 Å². The summed E-state index contributed by atoms with van der Waals surface area (Å²) in [7, 11) is 0. The number of unbranched alkanes of at least 4 members (excludes halogenated alkanes) is 5.